The number of carbonyl (C=O) groups excluding carboxylic acids is 3. The van der Waals surface area contributed by atoms with Gasteiger partial charge in [-0.05, 0) is 18.6 Å². The molecule has 1 atom stereocenters. The van der Waals surface area contributed by atoms with Gasteiger partial charge >= 0.3 is 5.69 Å². The average molecular weight is 303 g/mol. The maximum Gasteiger partial charge on any atom is 0.329 e. The highest BCUT2D eigenvalue weighted by Gasteiger charge is 2.20. The number of nitrogens with zero attached hydrogens (tertiary/aromatic N) is 2. The predicted molar refractivity (Wildman–Crippen MR) is 81.0 cm³/mol. The number of amides is 1. The fraction of sp³-hybridized carbons (Fsp3) is 0.333. The molecule has 7 nitrogen and oxygen atoms in total. The molecule has 116 valence electrons. The number of aldehydes is 2. The lowest BCUT2D eigenvalue weighted by Gasteiger charge is -2.11. The number of hydrogen-bond donors (Lipinski definition) is 1. The number of benzene rings is 1. The van der Waals surface area contributed by atoms with E-state index in [4.69, 9.17) is 0 Å². The lowest BCUT2D eigenvalue weighted by atomic mass is 10.1. The third-order valence-corrected chi connectivity index (χ3v) is 3.70. The molecule has 0 aliphatic heterocycles. The lowest BCUT2D eigenvalue weighted by molar-refractivity contribution is -0.121. The smallest absolute Gasteiger partial charge is 0.329 e. The van der Waals surface area contributed by atoms with E-state index in [9.17, 15) is 19.2 Å². The van der Waals surface area contributed by atoms with Crippen LogP contribution in [-0.4, -0.2) is 34.7 Å². The van der Waals surface area contributed by atoms with E-state index >= 15 is 0 Å². The van der Waals surface area contributed by atoms with E-state index in [0.29, 0.717) is 29.2 Å². The number of aryl methyl sites for hydroxylation is 1. The number of rotatable bonds is 6. The maximum atomic E-state index is 12.4. The van der Waals surface area contributed by atoms with Gasteiger partial charge in [0.1, 0.15) is 6.29 Å². The summed E-state index contributed by atoms with van der Waals surface area (Å²) >= 11 is 0. The number of aromatic nitrogens is 2. The summed E-state index contributed by atoms with van der Waals surface area (Å²) in [5, 5.41) is 2.48. The van der Waals surface area contributed by atoms with Crippen LogP contribution < -0.4 is 11.0 Å². The Balaban J connectivity index is 2.56. The monoisotopic (exact) mass is 303 g/mol. The number of hydrogen-bond acceptors (Lipinski definition) is 4. The molecular formula is C15H17N3O4. The van der Waals surface area contributed by atoms with Gasteiger partial charge in [-0.1, -0.05) is 6.07 Å². The molecule has 0 fully saturated rings. The van der Waals surface area contributed by atoms with Gasteiger partial charge in [-0.3, -0.25) is 18.7 Å². The predicted octanol–water partition coefficient (Wildman–Crippen LogP) is 0.419. The van der Waals surface area contributed by atoms with Gasteiger partial charge in [0.2, 0.25) is 5.91 Å². The summed E-state index contributed by atoms with van der Waals surface area (Å²) < 4.78 is 2.67. The Kier molecular flexibility index (Phi) is 4.55. The average Bonchev–Trinajstić information content (AvgIpc) is 2.80. The standard InChI is InChI=1S/C15H17N3O4/c1-16-13(21)7-6-11(9-20)18-12-5-3-4-10(8-19)14(12)17(2)15(18)22/h3-5,8-9,11H,6-7H2,1-2H3,(H,16,21). The molecule has 0 aliphatic rings. The van der Waals surface area contributed by atoms with Crippen molar-refractivity contribution in [3.8, 4) is 0 Å². The number of nitrogens with one attached hydrogen (secondary N) is 1. The molecule has 0 spiro atoms. The molecule has 2 aromatic rings. The van der Waals surface area contributed by atoms with Gasteiger partial charge in [0.05, 0.1) is 17.1 Å². The molecule has 2 rings (SSSR count). The molecule has 1 unspecified atom stereocenters. The molecule has 1 heterocycles. The van der Waals surface area contributed by atoms with Crippen LogP contribution in [0.15, 0.2) is 23.0 Å². The van der Waals surface area contributed by atoms with Crippen LogP contribution in [0, 0.1) is 0 Å². The molecule has 0 bridgehead atoms. The molecule has 22 heavy (non-hydrogen) atoms. The molecule has 0 aliphatic carbocycles. The minimum absolute atomic E-state index is 0.135. The van der Waals surface area contributed by atoms with E-state index in [1.165, 1.54) is 16.2 Å². The van der Waals surface area contributed by atoms with Crippen molar-refractivity contribution in [1.29, 1.82) is 0 Å². The zero-order valence-electron chi connectivity index (χ0n) is 12.4. The number of carbonyl (C=O) groups is 3. The largest absolute Gasteiger partial charge is 0.359 e. The molecular weight excluding hydrogens is 286 g/mol. The van der Waals surface area contributed by atoms with Gasteiger partial charge < -0.3 is 10.1 Å². The molecule has 1 amide bonds. The van der Waals surface area contributed by atoms with Crippen molar-refractivity contribution in [2.45, 2.75) is 18.9 Å². The van der Waals surface area contributed by atoms with Crippen LogP contribution >= 0.6 is 0 Å². The molecule has 7 heteroatoms. The Morgan fingerprint density at radius 3 is 2.68 bits per heavy atom. The summed E-state index contributed by atoms with van der Waals surface area (Å²) in [6.07, 6.45) is 1.67. The number of fused-ring (bicyclic) bond motifs is 1. The van der Waals surface area contributed by atoms with Crippen LogP contribution in [0.2, 0.25) is 0 Å². The fourth-order valence-corrected chi connectivity index (χ4v) is 2.55. The van der Waals surface area contributed by atoms with Gasteiger partial charge in [-0.25, -0.2) is 4.79 Å². The normalized spacial score (nSPS) is 12.1. The maximum absolute atomic E-state index is 12.4. The third-order valence-electron chi connectivity index (χ3n) is 3.70. The zero-order chi connectivity index (χ0) is 16.3. The molecule has 1 N–H and O–H groups in total. The Hall–Kier alpha value is -2.70. The molecule has 0 saturated carbocycles. The summed E-state index contributed by atoms with van der Waals surface area (Å²) in [7, 11) is 3.06. The van der Waals surface area contributed by atoms with Crippen LogP contribution in [0.3, 0.4) is 0 Å². The highest BCUT2D eigenvalue weighted by molar-refractivity contribution is 5.95. The first-order chi connectivity index (χ1) is 10.5. The second-order valence-electron chi connectivity index (χ2n) is 4.96. The minimum Gasteiger partial charge on any atom is -0.359 e. The summed E-state index contributed by atoms with van der Waals surface area (Å²) in [6, 6.07) is 4.19. The first-order valence-corrected chi connectivity index (χ1v) is 6.86. The van der Waals surface area contributed by atoms with Crippen molar-refractivity contribution < 1.29 is 14.4 Å². The molecule has 0 saturated heterocycles. The van der Waals surface area contributed by atoms with Crippen molar-refractivity contribution in [2.24, 2.45) is 7.05 Å². The fourth-order valence-electron chi connectivity index (χ4n) is 2.55. The van der Waals surface area contributed by atoms with Gasteiger partial charge in [0.25, 0.3) is 0 Å². The lowest BCUT2D eigenvalue weighted by Crippen LogP contribution is -2.28. The quantitative estimate of drug-likeness (QED) is 0.783. The Morgan fingerprint density at radius 2 is 2.09 bits per heavy atom. The van der Waals surface area contributed by atoms with Gasteiger partial charge in [0.15, 0.2) is 6.29 Å². The van der Waals surface area contributed by atoms with Crippen LogP contribution in [0.5, 0.6) is 0 Å². The summed E-state index contributed by atoms with van der Waals surface area (Å²) in [6.45, 7) is 0. The van der Waals surface area contributed by atoms with Crippen LogP contribution in [-0.2, 0) is 16.6 Å². The van der Waals surface area contributed by atoms with Gasteiger partial charge in [-0.2, -0.15) is 0 Å². The second-order valence-corrected chi connectivity index (χ2v) is 4.96. The molecule has 0 radical (unpaired) electrons. The van der Waals surface area contributed by atoms with Crippen molar-refractivity contribution >= 4 is 29.5 Å². The first kappa shape index (κ1) is 15.7. The van der Waals surface area contributed by atoms with Crippen LogP contribution in [0.25, 0.3) is 11.0 Å². The van der Waals surface area contributed by atoms with E-state index in [2.05, 4.69) is 5.32 Å². The van der Waals surface area contributed by atoms with E-state index < -0.39 is 11.7 Å². The van der Waals surface area contributed by atoms with Crippen molar-refractivity contribution in [3.05, 3.63) is 34.2 Å². The Bertz CT molecular complexity index is 788. The highest BCUT2D eigenvalue weighted by Crippen LogP contribution is 2.21. The summed E-state index contributed by atoms with van der Waals surface area (Å²) in [5.74, 6) is -0.200. The van der Waals surface area contributed by atoms with Gasteiger partial charge in [0, 0.05) is 26.1 Å². The van der Waals surface area contributed by atoms with Crippen LogP contribution in [0.1, 0.15) is 29.2 Å². The minimum atomic E-state index is -0.754. The third kappa shape index (κ3) is 2.57. The number of para-hydroxylation sites is 1. The van der Waals surface area contributed by atoms with E-state index in [1.54, 1.807) is 25.2 Å². The Morgan fingerprint density at radius 1 is 1.36 bits per heavy atom. The molecule has 1 aromatic carbocycles. The Labute approximate surface area is 126 Å². The van der Waals surface area contributed by atoms with E-state index in [-0.39, 0.29) is 18.7 Å². The highest BCUT2D eigenvalue weighted by atomic mass is 16.2. The summed E-state index contributed by atoms with van der Waals surface area (Å²) in [5.41, 5.74) is 0.977. The van der Waals surface area contributed by atoms with Gasteiger partial charge in [-0.15, -0.1) is 0 Å². The SMILES string of the molecule is CNC(=O)CCC(C=O)n1c(=O)n(C)c2c(C=O)cccc21. The summed E-state index contributed by atoms with van der Waals surface area (Å²) in [4.78, 5) is 46.3. The number of imidazole rings is 1. The topological polar surface area (TPSA) is 90.2 Å². The van der Waals surface area contributed by atoms with Crippen molar-refractivity contribution in [2.75, 3.05) is 7.05 Å². The molecule has 1 aromatic heterocycles. The van der Waals surface area contributed by atoms with Crippen molar-refractivity contribution in [1.82, 2.24) is 14.5 Å². The second kappa shape index (κ2) is 6.38. The zero-order valence-corrected chi connectivity index (χ0v) is 12.4. The van der Waals surface area contributed by atoms with Crippen molar-refractivity contribution in [3.63, 3.8) is 0 Å². The van der Waals surface area contributed by atoms with Crippen LogP contribution in [0.4, 0.5) is 0 Å². The van der Waals surface area contributed by atoms with E-state index in [1.807, 2.05) is 0 Å². The first-order valence-electron chi connectivity index (χ1n) is 6.86. The van der Waals surface area contributed by atoms with E-state index in [0.717, 1.165) is 0 Å².